The highest BCUT2D eigenvalue weighted by Crippen LogP contribution is 2.37. The quantitative estimate of drug-likeness (QED) is 0.236. The van der Waals surface area contributed by atoms with E-state index >= 15 is 0 Å². The van der Waals surface area contributed by atoms with E-state index in [1.807, 2.05) is 0 Å². The number of halogens is 1. The monoisotopic (exact) mass is 447 g/mol. The van der Waals surface area contributed by atoms with E-state index in [4.69, 9.17) is 19.1 Å². The van der Waals surface area contributed by atoms with Gasteiger partial charge in [-0.05, 0) is 41.9 Å². The van der Waals surface area contributed by atoms with Crippen LogP contribution in [0.1, 0.15) is 26.5 Å². The number of rotatable bonds is 7. The number of hydrogen-bond acceptors (Lipinski definition) is 6. The van der Waals surface area contributed by atoms with Crippen molar-refractivity contribution in [2.24, 2.45) is 5.11 Å². The number of cyclic esters (lactones) is 1. The Kier molecular flexibility index (Phi) is 6.39. The maximum Gasteiger partial charge on any atom is 0.414 e. The number of azide groups is 1. The Labute approximate surface area is 180 Å². The standard InChI is InChI=1S/C20H26FN5O4Si/c1-20(2,3)31(4,5)29-12-13-11-28-18(24-13)16-7-6-14(8-17(16)21)26-10-15(9-23-25-22)30-19(26)27/h6-8,11,15H,9-10,12H2,1-5H3/t15-/m0/s1. The van der Waals surface area contributed by atoms with Crippen LogP contribution in [-0.4, -0.2) is 38.6 Å². The second kappa shape index (κ2) is 8.70. The summed E-state index contributed by atoms with van der Waals surface area (Å²) < 4.78 is 31.5. The molecule has 0 spiro atoms. The molecule has 1 aromatic heterocycles. The van der Waals surface area contributed by atoms with Gasteiger partial charge in [-0.3, -0.25) is 4.90 Å². The Bertz CT molecular complexity index is 1010. The molecule has 9 nitrogen and oxygen atoms in total. The molecule has 1 aliphatic heterocycles. The largest absolute Gasteiger partial charge is 0.444 e. The first-order chi connectivity index (χ1) is 14.5. The summed E-state index contributed by atoms with van der Waals surface area (Å²) in [7, 11) is -1.94. The molecule has 1 atom stereocenters. The van der Waals surface area contributed by atoms with E-state index in [1.165, 1.54) is 23.3 Å². The van der Waals surface area contributed by atoms with Crippen LogP contribution in [0.3, 0.4) is 0 Å². The Morgan fingerprint density at radius 2 is 2.16 bits per heavy atom. The number of nitrogens with zero attached hydrogens (tertiary/aromatic N) is 5. The number of carbonyl (C=O) groups is 1. The Morgan fingerprint density at radius 3 is 2.81 bits per heavy atom. The van der Waals surface area contributed by atoms with Crippen molar-refractivity contribution in [2.45, 2.75) is 51.6 Å². The first-order valence-corrected chi connectivity index (χ1v) is 12.8. The van der Waals surface area contributed by atoms with Crippen LogP contribution in [0.4, 0.5) is 14.9 Å². The van der Waals surface area contributed by atoms with Crippen molar-refractivity contribution in [3.8, 4) is 11.5 Å². The Hall–Kier alpha value is -2.88. The van der Waals surface area contributed by atoms with E-state index in [0.717, 1.165) is 0 Å². The van der Waals surface area contributed by atoms with Gasteiger partial charge < -0.3 is 13.6 Å². The van der Waals surface area contributed by atoms with Crippen molar-refractivity contribution < 1.29 is 22.8 Å². The molecule has 2 aromatic rings. The van der Waals surface area contributed by atoms with Crippen molar-refractivity contribution >= 4 is 20.1 Å². The third-order valence-electron chi connectivity index (χ3n) is 5.66. The van der Waals surface area contributed by atoms with Gasteiger partial charge in [-0.25, -0.2) is 14.2 Å². The number of oxazole rings is 1. The van der Waals surface area contributed by atoms with Crippen LogP contribution < -0.4 is 4.90 Å². The van der Waals surface area contributed by atoms with E-state index in [-0.39, 0.29) is 29.6 Å². The zero-order valence-electron chi connectivity index (χ0n) is 18.3. The molecule has 1 amide bonds. The average molecular weight is 448 g/mol. The lowest BCUT2D eigenvalue weighted by molar-refractivity contribution is 0.145. The van der Waals surface area contributed by atoms with Gasteiger partial charge in [0.1, 0.15) is 23.9 Å². The summed E-state index contributed by atoms with van der Waals surface area (Å²) in [4.78, 5) is 20.3. The minimum absolute atomic E-state index is 0.0232. The van der Waals surface area contributed by atoms with E-state index in [9.17, 15) is 9.18 Å². The first kappa shape index (κ1) is 22.8. The number of ether oxygens (including phenoxy) is 1. The highest BCUT2D eigenvalue weighted by atomic mass is 28.4. The third kappa shape index (κ3) is 5.06. The fraction of sp³-hybridized carbons (Fsp3) is 0.500. The zero-order valence-corrected chi connectivity index (χ0v) is 19.3. The topological polar surface area (TPSA) is 114 Å². The number of hydrogen-bond donors (Lipinski definition) is 0. The maximum atomic E-state index is 14.8. The number of amides is 1. The van der Waals surface area contributed by atoms with E-state index < -0.39 is 26.3 Å². The van der Waals surface area contributed by atoms with Crippen LogP contribution in [0.2, 0.25) is 18.1 Å². The van der Waals surface area contributed by atoms with Crippen LogP contribution in [0, 0.1) is 5.82 Å². The average Bonchev–Trinajstić information content (AvgIpc) is 3.30. The van der Waals surface area contributed by atoms with E-state index in [2.05, 4.69) is 48.9 Å². The van der Waals surface area contributed by atoms with Gasteiger partial charge in [0.2, 0.25) is 5.89 Å². The summed E-state index contributed by atoms with van der Waals surface area (Å²) in [6.07, 6.45) is 0.279. The zero-order chi connectivity index (χ0) is 22.8. The second-order valence-electron chi connectivity index (χ2n) is 8.89. The van der Waals surface area contributed by atoms with Gasteiger partial charge in [-0.2, -0.15) is 0 Å². The molecule has 31 heavy (non-hydrogen) atoms. The van der Waals surface area contributed by atoms with Crippen LogP contribution in [0.25, 0.3) is 21.9 Å². The highest BCUT2D eigenvalue weighted by molar-refractivity contribution is 6.74. The third-order valence-corrected chi connectivity index (χ3v) is 10.1. The fourth-order valence-electron chi connectivity index (χ4n) is 2.77. The van der Waals surface area contributed by atoms with E-state index in [0.29, 0.717) is 18.0 Å². The Balaban J connectivity index is 1.71. The molecular formula is C20H26FN5O4Si. The predicted molar refractivity (Wildman–Crippen MR) is 116 cm³/mol. The molecule has 0 N–H and O–H groups in total. The van der Waals surface area contributed by atoms with Gasteiger partial charge in [-0.1, -0.05) is 25.9 Å². The van der Waals surface area contributed by atoms with Crippen LogP contribution in [-0.2, 0) is 15.8 Å². The molecule has 1 aromatic carbocycles. The summed E-state index contributed by atoms with van der Waals surface area (Å²) in [5.74, 6) is -0.439. The summed E-state index contributed by atoms with van der Waals surface area (Å²) in [6, 6.07) is 4.32. The van der Waals surface area contributed by atoms with Gasteiger partial charge in [0.15, 0.2) is 8.32 Å². The number of anilines is 1. The van der Waals surface area contributed by atoms with Gasteiger partial charge in [0.05, 0.1) is 30.9 Å². The minimum atomic E-state index is -1.94. The van der Waals surface area contributed by atoms with Crippen LogP contribution in [0.15, 0.2) is 34.0 Å². The maximum absolute atomic E-state index is 14.8. The summed E-state index contributed by atoms with van der Waals surface area (Å²) >= 11 is 0. The molecule has 0 bridgehead atoms. The Morgan fingerprint density at radius 1 is 1.42 bits per heavy atom. The molecule has 1 saturated heterocycles. The molecule has 0 radical (unpaired) electrons. The molecular weight excluding hydrogens is 421 g/mol. The van der Waals surface area contributed by atoms with E-state index in [1.54, 1.807) is 6.07 Å². The first-order valence-electron chi connectivity index (χ1n) is 9.89. The fourth-order valence-corrected chi connectivity index (χ4v) is 3.71. The highest BCUT2D eigenvalue weighted by Gasteiger charge is 2.37. The molecule has 1 aliphatic rings. The molecule has 0 saturated carbocycles. The molecule has 11 heteroatoms. The molecule has 166 valence electrons. The smallest absolute Gasteiger partial charge is 0.414 e. The second-order valence-corrected chi connectivity index (χ2v) is 13.7. The van der Waals surface area contributed by atoms with Gasteiger partial charge in [-0.15, -0.1) is 0 Å². The number of benzene rings is 1. The van der Waals surface area contributed by atoms with Crippen molar-refractivity contribution in [3.05, 3.63) is 46.4 Å². The minimum Gasteiger partial charge on any atom is -0.444 e. The van der Waals surface area contributed by atoms with Gasteiger partial charge in [0.25, 0.3) is 0 Å². The molecule has 3 rings (SSSR count). The van der Waals surface area contributed by atoms with Gasteiger partial charge in [0, 0.05) is 4.91 Å². The van der Waals surface area contributed by atoms with Crippen molar-refractivity contribution in [2.75, 3.05) is 18.0 Å². The molecule has 1 fully saturated rings. The lowest BCUT2D eigenvalue weighted by atomic mass is 10.1. The normalized spacial score (nSPS) is 16.9. The van der Waals surface area contributed by atoms with Gasteiger partial charge >= 0.3 is 6.09 Å². The lowest BCUT2D eigenvalue weighted by Crippen LogP contribution is -2.40. The molecule has 2 heterocycles. The predicted octanol–water partition coefficient (Wildman–Crippen LogP) is 5.64. The molecule has 0 aliphatic carbocycles. The summed E-state index contributed by atoms with van der Waals surface area (Å²) in [5.41, 5.74) is 9.50. The van der Waals surface area contributed by atoms with Crippen LogP contribution >= 0.6 is 0 Å². The molecule has 0 unspecified atom stereocenters. The number of carbonyl (C=O) groups excluding carboxylic acids is 1. The van der Waals surface area contributed by atoms with Crippen molar-refractivity contribution in [1.82, 2.24) is 4.98 Å². The van der Waals surface area contributed by atoms with Crippen LogP contribution in [0.5, 0.6) is 0 Å². The van der Waals surface area contributed by atoms with Crippen molar-refractivity contribution in [1.29, 1.82) is 0 Å². The SMILES string of the molecule is CC(C)(C)[Si](C)(C)OCc1coc(-c2ccc(N3C[C@H](CN=[N+]=[N-])OC3=O)cc2F)n1. The van der Waals surface area contributed by atoms with Crippen molar-refractivity contribution in [3.63, 3.8) is 0 Å². The lowest BCUT2D eigenvalue weighted by Gasteiger charge is -2.35. The number of aromatic nitrogens is 1. The summed E-state index contributed by atoms with van der Waals surface area (Å²) in [6.45, 7) is 11.2. The summed E-state index contributed by atoms with van der Waals surface area (Å²) in [5, 5.41) is 3.48.